The van der Waals surface area contributed by atoms with Gasteiger partial charge in [-0.2, -0.15) is 0 Å². The Hall–Kier alpha value is 0.630. The van der Waals surface area contributed by atoms with E-state index in [0.29, 0.717) is 5.78 Å². The SMILES string of the molecule is O=C(C1(Br)CCCCC1)C1(Br)CCCCC1. The topological polar surface area (TPSA) is 17.1 Å². The molecule has 0 N–H and O–H groups in total. The second kappa shape index (κ2) is 5.09. The Bertz CT molecular complexity index is 237. The van der Waals surface area contributed by atoms with Gasteiger partial charge in [0.25, 0.3) is 0 Å². The molecule has 0 spiro atoms. The zero-order valence-corrected chi connectivity index (χ0v) is 12.9. The third-order valence-electron chi connectivity index (χ3n) is 4.11. The molecule has 0 heterocycles. The predicted molar refractivity (Wildman–Crippen MR) is 74.5 cm³/mol. The fraction of sp³-hybridized carbons (Fsp3) is 0.923. The smallest absolute Gasteiger partial charge is 0.166 e. The molecule has 2 fully saturated rings. The van der Waals surface area contributed by atoms with Crippen LogP contribution in [0, 0.1) is 0 Å². The van der Waals surface area contributed by atoms with Crippen molar-refractivity contribution in [3.63, 3.8) is 0 Å². The number of carbonyl (C=O) groups is 1. The van der Waals surface area contributed by atoms with Gasteiger partial charge in [-0.15, -0.1) is 0 Å². The van der Waals surface area contributed by atoms with Crippen molar-refractivity contribution in [1.29, 1.82) is 0 Å². The van der Waals surface area contributed by atoms with E-state index in [1.54, 1.807) is 0 Å². The van der Waals surface area contributed by atoms with E-state index in [0.717, 1.165) is 25.7 Å². The second-order valence-electron chi connectivity index (χ2n) is 5.38. The Morgan fingerprint density at radius 1 is 0.688 bits per heavy atom. The van der Waals surface area contributed by atoms with Crippen LogP contribution in [0.3, 0.4) is 0 Å². The molecule has 0 atom stereocenters. The van der Waals surface area contributed by atoms with Crippen LogP contribution in [0.1, 0.15) is 64.2 Å². The van der Waals surface area contributed by atoms with Gasteiger partial charge in [-0.05, 0) is 25.7 Å². The van der Waals surface area contributed by atoms with Crippen molar-refractivity contribution in [3.05, 3.63) is 0 Å². The van der Waals surface area contributed by atoms with Crippen molar-refractivity contribution >= 4 is 37.6 Å². The fourth-order valence-electron chi connectivity index (χ4n) is 3.08. The van der Waals surface area contributed by atoms with Crippen molar-refractivity contribution < 1.29 is 4.79 Å². The summed E-state index contributed by atoms with van der Waals surface area (Å²) in [6.45, 7) is 0. The monoisotopic (exact) mass is 350 g/mol. The van der Waals surface area contributed by atoms with Crippen LogP contribution >= 0.6 is 31.9 Å². The minimum absolute atomic E-state index is 0.216. The number of Topliss-reactive ketones (excluding diaryl/α,β-unsaturated/α-hetero) is 1. The predicted octanol–water partition coefficient (Wildman–Crippen LogP) is 4.75. The number of carbonyl (C=O) groups excluding carboxylic acids is 1. The van der Waals surface area contributed by atoms with Gasteiger partial charge in [0.2, 0.25) is 0 Å². The molecular weight excluding hydrogens is 332 g/mol. The van der Waals surface area contributed by atoms with Crippen LogP contribution < -0.4 is 0 Å². The van der Waals surface area contributed by atoms with E-state index in [-0.39, 0.29) is 8.65 Å². The number of ketones is 1. The Balaban J connectivity index is 2.10. The van der Waals surface area contributed by atoms with Crippen LogP contribution in [0.15, 0.2) is 0 Å². The molecule has 0 aromatic carbocycles. The highest BCUT2D eigenvalue weighted by Crippen LogP contribution is 2.46. The third-order valence-corrected chi connectivity index (χ3v) is 6.41. The number of halogens is 2. The van der Waals surface area contributed by atoms with E-state index >= 15 is 0 Å². The van der Waals surface area contributed by atoms with Crippen LogP contribution in [-0.2, 0) is 4.79 Å². The maximum absolute atomic E-state index is 12.7. The van der Waals surface area contributed by atoms with E-state index in [9.17, 15) is 4.79 Å². The summed E-state index contributed by atoms with van der Waals surface area (Å²) in [4.78, 5) is 12.7. The molecule has 0 radical (unpaired) electrons. The summed E-state index contributed by atoms with van der Waals surface area (Å²) in [5, 5.41) is 0. The van der Waals surface area contributed by atoms with Crippen molar-refractivity contribution in [2.45, 2.75) is 72.9 Å². The van der Waals surface area contributed by atoms with Gasteiger partial charge in [0.05, 0.1) is 8.65 Å². The van der Waals surface area contributed by atoms with Crippen LogP contribution in [0.25, 0.3) is 0 Å². The highest BCUT2D eigenvalue weighted by atomic mass is 79.9. The molecule has 2 aliphatic rings. The standard InChI is InChI=1S/C13H20Br2O/c14-12(7-3-1-4-8-12)11(16)13(15)9-5-2-6-10-13/h1-10H2. The van der Waals surface area contributed by atoms with Crippen molar-refractivity contribution in [2.75, 3.05) is 0 Å². The first-order valence-electron chi connectivity index (χ1n) is 6.50. The molecule has 0 aromatic rings. The lowest BCUT2D eigenvalue weighted by Gasteiger charge is -2.39. The second-order valence-corrected chi connectivity index (χ2v) is 8.42. The average Bonchev–Trinajstić information content (AvgIpc) is 2.30. The number of hydrogen-bond acceptors (Lipinski definition) is 1. The Morgan fingerprint density at radius 2 is 1.00 bits per heavy atom. The van der Waals surface area contributed by atoms with Gasteiger partial charge in [0.1, 0.15) is 0 Å². The Labute approximate surface area is 115 Å². The van der Waals surface area contributed by atoms with E-state index in [2.05, 4.69) is 31.9 Å². The van der Waals surface area contributed by atoms with Gasteiger partial charge in [-0.25, -0.2) is 0 Å². The van der Waals surface area contributed by atoms with Gasteiger partial charge in [-0.3, -0.25) is 4.79 Å². The molecule has 0 aliphatic heterocycles. The first-order chi connectivity index (χ1) is 7.57. The molecule has 3 heteroatoms. The highest BCUT2D eigenvalue weighted by molar-refractivity contribution is 9.11. The summed E-state index contributed by atoms with van der Waals surface area (Å²) in [6, 6.07) is 0. The first-order valence-corrected chi connectivity index (χ1v) is 8.08. The van der Waals surface area contributed by atoms with Crippen LogP contribution in [0.4, 0.5) is 0 Å². The Kier molecular flexibility index (Phi) is 4.16. The number of hydrogen-bond donors (Lipinski definition) is 0. The van der Waals surface area contributed by atoms with Crippen LogP contribution in [0.5, 0.6) is 0 Å². The molecule has 0 unspecified atom stereocenters. The maximum Gasteiger partial charge on any atom is 0.166 e. The number of rotatable bonds is 2. The van der Waals surface area contributed by atoms with Gasteiger partial charge < -0.3 is 0 Å². The van der Waals surface area contributed by atoms with Crippen molar-refractivity contribution in [2.24, 2.45) is 0 Å². The molecule has 0 bridgehead atoms. The zero-order valence-electron chi connectivity index (χ0n) is 9.74. The van der Waals surface area contributed by atoms with Crippen molar-refractivity contribution in [1.82, 2.24) is 0 Å². The minimum Gasteiger partial charge on any atom is -0.297 e. The molecule has 0 aromatic heterocycles. The summed E-state index contributed by atoms with van der Waals surface area (Å²) in [7, 11) is 0. The third kappa shape index (κ3) is 2.55. The van der Waals surface area contributed by atoms with Crippen molar-refractivity contribution in [3.8, 4) is 0 Å². The fourth-order valence-corrected chi connectivity index (χ4v) is 5.23. The van der Waals surface area contributed by atoms with Crippen LogP contribution in [-0.4, -0.2) is 14.4 Å². The molecule has 0 saturated heterocycles. The average molecular weight is 352 g/mol. The quantitative estimate of drug-likeness (QED) is 0.656. The maximum atomic E-state index is 12.7. The zero-order chi connectivity index (χ0) is 11.6. The summed E-state index contributed by atoms with van der Waals surface area (Å²) in [6.07, 6.45) is 11.5. The summed E-state index contributed by atoms with van der Waals surface area (Å²) >= 11 is 7.50. The highest BCUT2D eigenvalue weighted by Gasteiger charge is 2.48. The normalized spacial score (nSPS) is 28.6. The molecule has 2 aliphatic carbocycles. The Morgan fingerprint density at radius 3 is 1.31 bits per heavy atom. The largest absolute Gasteiger partial charge is 0.297 e. The van der Waals surface area contributed by atoms with E-state index in [4.69, 9.17) is 0 Å². The molecule has 92 valence electrons. The minimum atomic E-state index is -0.216. The molecule has 1 nitrogen and oxygen atoms in total. The van der Waals surface area contributed by atoms with Gasteiger partial charge in [0, 0.05) is 0 Å². The summed E-state index contributed by atoms with van der Waals surface area (Å²) < 4.78 is -0.432. The molecule has 2 rings (SSSR count). The molecule has 16 heavy (non-hydrogen) atoms. The lowest BCUT2D eigenvalue weighted by molar-refractivity contribution is -0.124. The van der Waals surface area contributed by atoms with Gasteiger partial charge in [0.15, 0.2) is 5.78 Å². The van der Waals surface area contributed by atoms with E-state index in [1.165, 1.54) is 38.5 Å². The van der Waals surface area contributed by atoms with E-state index in [1.807, 2.05) is 0 Å². The summed E-state index contributed by atoms with van der Waals surface area (Å²) in [5.74, 6) is 0.430. The first kappa shape index (κ1) is 13.1. The number of alkyl halides is 2. The molecule has 2 saturated carbocycles. The van der Waals surface area contributed by atoms with Gasteiger partial charge >= 0.3 is 0 Å². The van der Waals surface area contributed by atoms with Crippen LogP contribution in [0.2, 0.25) is 0 Å². The van der Waals surface area contributed by atoms with Gasteiger partial charge in [-0.1, -0.05) is 70.4 Å². The van der Waals surface area contributed by atoms with E-state index < -0.39 is 0 Å². The molecular formula is C13H20Br2O. The lowest BCUT2D eigenvalue weighted by Crippen LogP contribution is -2.47. The lowest BCUT2D eigenvalue weighted by atomic mass is 9.76. The summed E-state index contributed by atoms with van der Waals surface area (Å²) in [5.41, 5.74) is 0. The molecule has 0 amide bonds.